The SMILES string of the molecule is CC1CN(CCC2CCN(c3ccc(F)cc3[N+](=O)[O-])CC2)CC(C)O1. The lowest BCUT2D eigenvalue weighted by atomic mass is 9.92. The van der Waals surface area contributed by atoms with Gasteiger partial charge in [0, 0.05) is 26.2 Å². The van der Waals surface area contributed by atoms with Gasteiger partial charge in [-0.15, -0.1) is 0 Å². The van der Waals surface area contributed by atoms with E-state index in [4.69, 9.17) is 4.74 Å². The highest BCUT2D eigenvalue weighted by Crippen LogP contribution is 2.32. The molecule has 1 aromatic carbocycles. The van der Waals surface area contributed by atoms with Crippen LogP contribution in [0, 0.1) is 21.8 Å². The summed E-state index contributed by atoms with van der Waals surface area (Å²) < 4.78 is 19.1. The molecule has 2 unspecified atom stereocenters. The molecule has 2 atom stereocenters. The molecule has 0 saturated carbocycles. The number of hydrogen-bond acceptors (Lipinski definition) is 5. The molecular weight excluding hydrogens is 337 g/mol. The van der Waals surface area contributed by atoms with E-state index in [-0.39, 0.29) is 5.69 Å². The predicted octanol–water partition coefficient (Wildman–Crippen LogP) is 3.45. The number of nitro groups is 1. The Morgan fingerprint density at radius 1 is 1.23 bits per heavy atom. The van der Waals surface area contributed by atoms with Crippen LogP contribution in [0.4, 0.5) is 15.8 Å². The third kappa shape index (κ3) is 4.71. The van der Waals surface area contributed by atoms with E-state index in [1.54, 1.807) is 0 Å². The minimum atomic E-state index is -0.565. The van der Waals surface area contributed by atoms with Crippen LogP contribution >= 0.6 is 0 Å². The van der Waals surface area contributed by atoms with Gasteiger partial charge in [0.1, 0.15) is 11.5 Å². The monoisotopic (exact) mass is 365 g/mol. The first kappa shape index (κ1) is 19.0. The minimum absolute atomic E-state index is 0.139. The van der Waals surface area contributed by atoms with Gasteiger partial charge in [0.25, 0.3) is 5.69 Å². The number of halogens is 1. The Hall–Kier alpha value is -1.73. The maximum atomic E-state index is 13.3. The first-order valence-corrected chi connectivity index (χ1v) is 9.49. The zero-order valence-corrected chi connectivity index (χ0v) is 15.6. The average Bonchev–Trinajstić information content (AvgIpc) is 2.59. The van der Waals surface area contributed by atoms with Crippen molar-refractivity contribution in [3.05, 3.63) is 34.1 Å². The maximum Gasteiger partial charge on any atom is 0.295 e. The van der Waals surface area contributed by atoms with Crippen molar-refractivity contribution in [2.45, 2.75) is 45.3 Å². The molecule has 7 heteroatoms. The van der Waals surface area contributed by atoms with Crippen molar-refractivity contribution in [1.29, 1.82) is 0 Å². The summed E-state index contributed by atoms with van der Waals surface area (Å²) in [6, 6.07) is 3.85. The Labute approximate surface area is 154 Å². The average molecular weight is 365 g/mol. The third-order valence-corrected chi connectivity index (χ3v) is 5.44. The quantitative estimate of drug-likeness (QED) is 0.591. The Bertz CT molecular complexity index is 624. The molecule has 3 rings (SSSR count). The number of morpholine rings is 1. The van der Waals surface area contributed by atoms with Crippen molar-refractivity contribution >= 4 is 11.4 Å². The van der Waals surface area contributed by atoms with Crippen LogP contribution in [0.5, 0.6) is 0 Å². The lowest BCUT2D eigenvalue weighted by molar-refractivity contribution is -0.384. The molecule has 2 aliphatic heterocycles. The van der Waals surface area contributed by atoms with Gasteiger partial charge in [-0.25, -0.2) is 4.39 Å². The van der Waals surface area contributed by atoms with E-state index in [1.165, 1.54) is 12.1 Å². The summed E-state index contributed by atoms with van der Waals surface area (Å²) in [5.74, 6) is 0.0727. The fourth-order valence-electron chi connectivity index (χ4n) is 4.20. The van der Waals surface area contributed by atoms with Crippen LogP contribution in [0.15, 0.2) is 18.2 Å². The molecule has 144 valence electrons. The summed E-state index contributed by atoms with van der Waals surface area (Å²) in [6.07, 6.45) is 3.77. The molecule has 2 saturated heterocycles. The number of nitro benzene ring substituents is 1. The summed E-state index contributed by atoms with van der Waals surface area (Å²) in [4.78, 5) is 15.2. The van der Waals surface area contributed by atoms with Gasteiger partial charge in [-0.1, -0.05) is 0 Å². The van der Waals surface area contributed by atoms with E-state index in [1.807, 2.05) is 4.90 Å². The zero-order valence-electron chi connectivity index (χ0n) is 15.6. The maximum absolute atomic E-state index is 13.3. The van der Waals surface area contributed by atoms with E-state index in [2.05, 4.69) is 18.7 Å². The van der Waals surface area contributed by atoms with Gasteiger partial charge in [-0.2, -0.15) is 0 Å². The molecule has 26 heavy (non-hydrogen) atoms. The van der Waals surface area contributed by atoms with E-state index in [9.17, 15) is 14.5 Å². The van der Waals surface area contributed by atoms with Crippen molar-refractivity contribution in [3.63, 3.8) is 0 Å². The van der Waals surface area contributed by atoms with Crippen molar-refractivity contribution < 1.29 is 14.1 Å². The normalized spacial score (nSPS) is 25.4. The molecule has 0 aromatic heterocycles. The van der Waals surface area contributed by atoms with Crippen LogP contribution in [0.2, 0.25) is 0 Å². The molecule has 6 nitrogen and oxygen atoms in total. The van der Waals surface area contributed by atoms with Crippen LogP contribution < -0.4 is 4.90 Å². The van der Waals surface area contributed by atoms with Crippen molar-refractivity contribution in [2.75, 3.05) is 37.6 Å². The predicted molar refractivity (Wildman–Crippen MR) is 99.1 cm³/mol. The summed E-state index contributed by atoms with van der Waals surface area (Å²) in [6.45, 7) is 8.88. The second-order valence-corrected chi connectivity index (χ2v) is 7.63. The summed E-state index contributed by atoms with van der Waals surface area (Å²) in [7, 11) is 0. The zero-order chi connectivity index (χ0) is 18.7. The van der Waals surface area contributed by atoms with E-state index in [0.717, 1.165) is 58.1 Å². The second-order valence-electron chi connectivity index (χ2n) is 7.63. The summed E-state index contributed by atoms with van der Waals surface area (Å²) in [5.41, 5.74) is 0.394. The topological polar surface area (TPSA) is 58.9 Å². The van der Waals surface area contributed by atoms with Gasteiger partial charge >= 0.3 is 0 Å². The summed E-state index contributed by atoms with van der Waals surface area (Å²) >= 11 is 0. The fourth-order valence-corrected chi connectivity index (χ4v) is 4.20. The molecule has 0 amide bonds. The number of piperidine rings is 1. The Balaban J connectivity index is 1.51. The molecule has 0 aliphatic carbocycles. The van der Waals surface area contributed by atoms with E-state index < -0.39 is 10.7 Å². The van der Waals surface area contributed by atoms with Crippen LogP contribution in [0.3, 0.4) is 0 Å². The number of nitrogens with zero attached hydrogens (tertiary/aromatic N) is 3. The van der Waals surface area contributed by atoms with Gasteiger partial charge in [-0.3, -0.25) is 15.0 Å². The minimum Gasteiger partial charge on any atom is -0.373 e. The van der Waals surface area contributed by atoms with Gasteiger partial charge in [0.15, 0.2) is 0 Å². The fraction of sp³-hybridized carbons (Fsp3) is 0.684. The molecular formula is C19H28FN3O3. The highest BCUT2D eigenvalue weighted by molar-refractivity contribution is 5.63. The molecule has 2 fully saturated rings. The number of ether oxygens (including phenoxy) is 1. The van der Waals surface area contributed by atoms with E-state index >= 15 is 0 Å². The lowest BCUT2D eigenvalue weighted by Crippen LogP contribution is -2.46. The van der Waals surface area contributed by atoms with E-state index in [0.29, 0.717) is 23.8 Å². The Kier molecular flexibility index (Phi) is 6.09. The number of rotatable bonds is 5. The smallest absolute Gasteiger partial charge is 0.295 e. The number of hydrogen-bond donors (Lipinski definition) is 0. The molecule has 0 bridgehead atoms. The van der Waals surface area contributed by atoms with Gasteiger partial charge < -0.3 is 9.64 Å². The lowest BCUT2D eigenvalue weighted by Gasteiger charge is -2.37. The van der Waals surface area contributed by atoms with Crippen molar-refractivity contribution in [2.24, 2.45) is 5.92 Å². The number of benzene rings is 1. The molecule has 2 aliphatic rings. The highest BCUT2D eigenvalue weighted by atomic mass is 19.1. The van der Waals surface area contributed by atoms with Crippen molar-refractivity contribution in [3.8, 4) is 0 Å². The van der Waals surface area contributed by atoms with Crippen LogP contribution in [0.1, 0.15) is 33.1 Å². The van der Waals surface area contributed by atoms with Crippen LogP contribution in [0.25, 0.3) is 0 Å². The van der Waals surface area contributed by atoms with Crippen LogP contribution in [-0.2, 0) is 4.74 Å². The molecule has 1 aromatic rings. The standard InChI is InChI=1S/C19H28FN3O3/c1-14-12-21(13-15(2)26-14)8-5-16-6-9-22(10-7-16)18-4-3-17(20)11-19(18)23(24)25/h3-4,11,14-16H,5-10,12-13H2,1-2H3. The second kappa shape index (κ2) is 8.31. The largest absolute Gasteiger partial charge is 0.373 e. The Morgan fingerprint density at radius 3 is 2.50 bits per heavy atom. The Morgan fingerprint density at radius 2 is 1.88 bits per heavy atom. The van der Waals surface area contributed by atoms with Crippen LogP contribution in [-0.4, -0.2) is 54.8 Å². The molecule has 0 N–H and O–H groups in total. The van der Waals surface area contributed by atoms with Gasteiger partial charge in [0.2, 0.25) is 0 Å². The third-order valence-electron chi connectivity index (χ3n) is 5.44. The molecule has 0 spiro atoms. The summed E-state index contributed by atoms with van der Waals surface area (Å²) in [5, 5.41) is 11.2. The highest BCUT2D eigenvalue weighted by Gasteiger charge is 2.27. The first-order chi connectivity index (χ1) is 12.4. The molecule has 2 heterocycles. The van der Waals surface area contributed by atoms with Gasteiger partial charge in [0.05, 0.1) is 23.2 Å². The molecule has 0 radical (unpaired) electrons. The first-order valence-electron chi connectivity index (χ1n) is 9.49. The van der Waals surface area contributed by atoms with Gasteiger partial charge in [-0.05, 0) is 57.7 Å². The van der Waals surface area contributed by atoms with Crippen molar-refractivity contribution in [1.82, 2.24) is 4.90 Å². The number of anilines is 1.